The van der Waals surface area contributed by atoms with Crippen LogP contribution in [0.5, 0.6) is 0 Å². The average molecular weight is 369 g/mol. The monoisotopic (exact) mass is 368 g/mol. The second-order valence-electron chi connectivity index (χ2n) is 7.01. The first-order valence-corrected chi connectivity index (χ1v) is 9.40. The maximum Gasteiger partial charge on any atom is 0.224 e. The van der Waals surface area contributed by atoms with Gasteiger partial charge in [-0.1, -0.05) is 11.6 Å². The van der Waals surface area contributed by atoms with Crippen molar-refractivity contribution in [3.63, 3.8) is 0 Å². The third-order valence-electron chi connectivity index (χ3n) is 5.28. The zero-order valence-corrected chi connectivity index (χ0v) is 15.2. The summed E-state index contributed by atoms with van der Waals surface area (Å²) in [6.07, 6.45) is 8.63. The first kappa shape index (κ1) is 17.0. The molecule has 2 heterocycles. The minimum atomic E-state index is 0.0805. The van der Waals surface area contributed by atoms with Gasteiger partial charge in [0.1, 0.15) is 0 Å². The molecule has 2 N–H and O–H groups in total. The smallest absolute Gasteiger partial charge is 0.224 e. The van der Waals surface area contributed by atoms with Crippen molar-refractivity contribution in [3.8, 4) is 0 Å². The highest BCUT2D eigenvalue weighted by atomic mass is 35.5. The lowest BCUT2D eigenvalue weighted by atomic mass is 9.77. The van der Waals surface area contributed by atoms with Crippen molar-refractivity contribution in [2.45, 2.75) is 38.0 Å². The number of aromatic nitrogens is 3. The average Bonchev–Trinajstić information content (AvgIpc) is 3.13. The van der Waals surface area contributed by atoms with Crippen LogP contribution in [0.4, 0.5) is 5.69 Å². The Morgan fingerprint density at radius 1 is 1.15 bits per heavy atom. The Morgan fingerprint density at radius 2 is 1.92 bits per heavy atom. The van der Waals surface area contributed by atoms with Crippen LogP contribution in [-0.2, 0) is 4.79 Å². The minimum absolute atomic E-state index is 0.0805. The lowest BCUT2D eigenvalue weighted by Gasteiger charge is -2.28. The quantitative estimate of drug-likeness (QED) is 0.687. The number of carbonyl (C=O) groups excluding carboxylic acids is 1. The summed E-state index contributed by atoms with van der Waals surface area (Å²) in [5.74, 6) is 1.05. The van der Waals surface area contributed by atoms with Crippen LogP contribution in [0, 0.1) is 5.92 Å². The summed E-state index contributed by atoms with van der Waals surface area (Å²) < 4.78 is 0. The molecule has 1 fully saturated rings. The van der Waals surface area contributed by atoms with Crippen molar-refractivity contribution in [1.82, 2.24) is 15.2 Å². The van der Waals surface area contributed by atoms with E-state index in [-0.39, 0.29) is 5.91 Å². The Bertz CT molecular complexity index is 898. The molecule has 0 aliphatic heterocycles. The Balaban J connectivity index is 1.33. The SMILES string of the molecule is O=C(C[C@H]1CC[C@H](c2ccnc3[nH]ncc32)CC1)Nc1ccc(Cl)cc1. The number of rotatable bonds is 4. The number of H-pyrrole nitrogens is 1. The van der Waals surface area contributed by atoms with E-state index in [1.165, 1.54) is 5.56 Å². The highest BCUT2D eigenvalue weighted by Gasteiger charge is 2.25. The van der Waals surface area contributed by atoms with Crippen molar-refractivity contribution in [3.05, 3.63) is 53.3 Å². The van der Waals surface area contributed by atoms with Gasteiger partial charge < -0.3 is 5.32 Å². The summed E-state index contributed by atoms with van der Waals surface area (Å²) in [6.45, 7) is 0. The Labute approximate surface area is 157 Å². The number of benzene rings is 1. The molecule has 134 valence electrons. The van der Waals surface area contributed by atoms with Gasteiger partial charge in [0.05, 0.1) is 6.20 Å². The molecule has 0 atom stereocenters. The van der Waals surface area contributed by atoms with Crippen molar-refractivity contribution in [1.29, 1.82) is 0 Å². The van der Waals surface area contributed by atoms with E-state index in [0.29, 0.717) is 23.3 Å². The molecule has 1 aromatic carbocycles. The fraction of sp³-hybridized carbons (Fsp3) is 0.350. The van der Waals surface area contributed by atoms with Gasteiger partial charge in [-0.3, -0.25) is 9.89 Å². The highest BCUT2D eigenvalue weighted by Crippen LogP contribution is 2.39. The van der Waals surface area contributed by atoms with Crippen LogP contribution in [0.15, 0.2) is 42.7 Å². The van der Waals surface area contributed by atoms with Gasteiger partial charge in [-0.05, 0) is 73.4 Å². The summed E-state index contributed by atoms with van der Waals surface area (Å²) in [7, 11) is 0. The van der Waals surface area contributed by atoms with Gasteiger partial charge in [0, 0.05) is 28.7 Å². The maximum absolute atomic E-state index is 12.3. The van der Waals surface area contributed by atoms with Crippen LogP contribution in [-0.4, -0.2) is 21.1 Å². The fourth-order valence-corrected chi connectivity index (χ4v) is 4.04. The molecule has 1 saturated carbocycles. The molecular formula is C20H21ClN4O. The number of carbonyl (C=O) groups is 1. The van der Waals surface area contributed by atoms with Crippen LogP contribution in [0.25, 0.3) is 11.0 Å². The summed E-state index contributed by atoms with van der Waals surface area (Å²) in [4.78, 5) is 16.6. The van der Waals surface area contributed by atoms with Gasteiger partial charge in [0.15, 0.2) is 5.65 Å². The Hall–Kier alpha value is -2.40. The number of fused-ring (bicyclic) bond motifs is 1. The van der Waals surface area contributed by atoms with Crippen molar-refractivity contribution in [2.24, 2.45) is 5.92 Å². The second kappa shape index (κ2) is 7.46. The summed E-state index contributed by atoms with van der Waals surface area (Å²) in [6, 6.07) is 9.34. The fourth-order valence-electron chi connectivity index (χ4n) is 3.91. The Morgan fingerprint density at radius 3 is 2.69 bits per heavy atom. The van der Waals surface area contributed by atoms with Crippen LogP contribution in [0.3, 0.4) is 0 Å². The molecule has 5 nitrogen and oxygen atoms in total. The molecule has 0 saturated heterocycles. The normalized spacial score (nSPS) is 20.2. The zero-order valence-electron chi connectivity index (χ0n) is 14.4. The van der Waals surface area contributed by atoms with E-state index >= 15 is 0 Å². The number of nitrogens with one attached hydrogen (secondary N) is 2. The third kappa shape index (κ3) is 3.73. The molecule has 0 bridgehead atoms. The molecule has 1 amide bonds. The molecule has 0 unspecified atom stereocenters. The summed E-state index contributed by atoms with van der Waals surface area (Å²) >= 11 is 5.87. The van der Waals surface area contributed by atoms with Crippen LogP contribution >= 0.6 is 11.6 Å². The highest BCUT2D eigenvalue weighted by molar-refractivity contribution is 6.30. The maximum atomic E-state index is 12.3. The number of hydrogen-bond donors (Lipinski definition) is 2. The number of amides is 1. The van der Waals surface area contributed by atoms with E-state index < -0.39 is 0 Å². The molecular weight excluding hydrogens is 348 g/mol. The summed E-state index contributed by atoms with van der Waals surface area (Å²) in [5, 5.41) is 11.8. The van der Waals surface area contributed by atoms with Gasteiger partial charge in [-0.25, -0.2) is 4.98 Å². The minimum Gasteiger partial charge on any atom is -0.326 e. The number of aromatic amines is 1. The van der Waals surface area contributed by atoms with E-state index in [2.05, 4.69) is 26.6 Å². The first-order chi connectivity index (χ1) is 12.7. The van der Waals surface area contributed by atoms with Crippen molar-refractivity contribution in [2.75, 3.05) is 5.32 Å². The standard InChI is InChI=1S/C20H21ClN4O/c21-15-5-7-16(8-6-15)24-19(26)11-13-1-3-14(4-2-13)17-9-10-22-20-18(17)12-23-25-20/h5-10,12-14H,1-4,11H2,(H,24,26)(H,22,23,25)/t13-,14-. The predicted octanol–water partition coefficient (Wildman–Crippen LogP) is 4.91. The zero-order chi connectivity index (χ0) is 17.9. The molecule has 2 aromatic heterocycles. The largest absolute Gasteiger partial charge is 0.326 e. The molecule has 0 radical (unpaired) electrons. The first-order valence-electron chi connectivity index (χ1n) is 9.02. The topological polar surface area (TPSA) is 70.7 Å². The second-order valence-corrected chi connectivity index (χ2v) is 7.45. The van der Waals surface area contributed by atoms with Crippen molar-refractivity contribution < 1.29 is 4.79 Å². The van der Waals surface area contributed by atoms with E-state index in [0.717, 1.165) is 42.4 Å². The van der Waals surface area contributed by atoms with Gasteiger partial charge in [-0.15, -0.1) is 0 Å². The molecule has 1 aliphatic carbocycles. The molecule has 26 heavy (non-hydrogen) atoms. The van der Waals surface area contributed by atoms with Crippen molar-refractivity contribution >= 4 is 34.2 Å². The van der Waals surface area contributed by atoms with Gasteiger partial charge in [0.25, 0.3) is 0 Å². The van der Waals surface area contributed by atoms with Crippen LogP contribution < -0.4 is 5.32 Å². The van der Waals surface area contributed by atoms with Gasteiger partial charge in [-0.2, -0.15) is 5.10 Å². The summed E-state index contributed by atoms with van der Waals surface area (Å²) in [5.41, 5.74) is 2.98. The number of halogens is 1. The van der Waals surface area contributed by atoms with Crippen LogP contribution in [0.2, 0.25) is 5.02 Å². The van der Waals surface area contributed by atoms with Gasteiger partial charge >= 0.3 is 0 Å². The van der Waals surface area contributed by atoms with E-state index in [1.807, 2.05) is 24.5 Å². The lowest BCUT2D eigenvalue weighted by Crippen LogP contribution is -2.20. The molecule has 1 aliphatic rings. The molecule has 0 spiro atoms. The third-order valence-corrected chi connectivity index (χ3v) is 5.53. The molecule has 4 rings (SSSR count). The lowest BCUT2D eigenvalue weighted by molar-refractivity contribution is -0.117. The predicted molar refractivity (Wildman–Crippen MR) is 103 cm³/mol. The van der Waals surface area contributed by atoms with E-state index in [4.69, 9.17) is 11.6 Å². The van der Waals surface area contributed by atoms with Crippen LogP contribution in [0.1, 0.15) is 43.6 Å². The molecule has 3 aromatic rings. The van der Waals surface area contributed by atoms with E-state index in [1.54, 1.807) is 12.1 Å². The number of nitrogens with zero attached hydrogens (tertiary/aromatic N) is 2. The number of hydrogen-bond acceptors (Lipinski definition) is 3. The number of anilines is 1. The van der Waals surface area contributed by atoms with Gasteiger partial charge in [0.2, 0.25) is 5.91 Å². The number of pyridine rings is 1. The molecule has 6 heteroatoms. The van der Waals surface area contributed by atoms with E-state index in [9.17, 15) is 4.79 Å². The Kier molecular flexibility index (Phi) is 4.89.